The van der Waals surface area contributed by atoms with Crippen molar-refractivity contribution in [3.63, 3.8) is 0 Å². The highest BCUT2D eigenvalue weighted by Gasteiger charge is 2.20. The molecule has 8 heteroatoms. The summed E-state index contributed by atoms with van der Waals surface area (Å²) in [6, 6.07) is 9.40. The van der Waals surface area contributed by atoms with E-state index in [9.17, 15) is 8.42 Å². The van der Waals surface area contributed by atoms with Gasteiger partial charge in [0.25, 0.3) is 0 Å². The molecule has 2 aromatic carbocycles. The van der Waals surface area contributed by atoms with Crippen LogP contribution in [0.25, 0.3) is 0 Å². The maximum atomic E-state index is 12.4. The quantitative estimate of drug-likeness (QED) is 0.838. The molecular formula is C15H15Cl2NO4S. The molecule has 5 nitrogen and oxygen atoms in total. The molecule has 1 N–H and O–H groups in total. The second-order valence-corrected chi connectivity index (χ2v) is 7.12. The first-order valence-electron chi connectivity index (χ1n) is 6.53. The fourth-order valence-electron chi connectivity index (χ4n) is 2.04. The number of ether oxygens (including phenoxy) is 2. The Morgan fingerprint density at radius 3 is 2.17 bits per heavy atom. The van der Waals surface area contributed by atoms with E-state index in [0.29, 0.717) is 22.1 Å². The predicted molar refractivity (Wildman–Crippen MR) is 90.0 cm³/mol. The number of benzene rings is 2. The van der Waals surface area contributed by atoms with E-state index in [2.05, 4.69) is 4.72 Å². The Kier molecular flexibility index (Phi) is 5.75. The summed E-state index contributed by atoms with van der Waals surface area (Å²) >= 11 is 11.7. The molecule has 0 unspecified atom stereocenters. The molecule has 0 fully saturated rings. The zero-order valence-corrected chi connectivity index (χ0v) is 14.8. The lowest BCUT2D eigenvalue weighted by Gasteiger charge is -2.14. The molecule has 0 radical (unpaired) electrons. The lowest BCUT2D eigenvalue weighted by molar-refractivity contribution is 0.384. The molecule has 0 aromatic heterocycles. The van der Waals surface area contributed by atoms with Crippen LogP contribution in [0.3, 0.4) is 0 Å². The molecule has 0 bridgehead atoms. The summed E-state index contributed by atoms with van der Waals surface area (Å²) in [6.45, 7) is -0.00548. The van der Waals surface area contributed by atoms with Gasteiger partial charge in [-0.15, -0.1) is 0 Å². The molecule has 0 saturated heterocycles. The first kappa shape index (κ1) is 17.9. The minimum atomic E-state index is -3.81. The first-order valence-corrected chi connectivity index (χ1v) is 8.77. The lowest BCUT2D eigenvalue weighted by Crippen LogP contribution is -2.24. The molecule has 0 amide bonds. The Hall–Kier alpha value is -1.47. The van der Waals surface area contributed by atoms with Crippen molar-refractivity contribution in [2.75, 3.05) is 14.2 Å². The molecule has 0 heterocycles. The number of sulfonamides is 1. The van der Waals surface area contributed by atoms with Crippen molar-refractivity contribution in [3.8, 4) is 11.5 Å². The number of rotatable bonds is 6. The van der Waals surface area contributed by atoms with Gasteiger partial charge in [0.2, 0.25) is 10.0 Å². The van der Waals surface area contributed by atoms with Crippen LogP contribution in [0, 0.1) is 0 Å². The van der Waals surface area contributed by atoms with Gasteiger partial charge < -0.3 is 9.47 Å². The average Bonchev–Trinajstić information content (AvgIpc) is 2.52. The number of hydrogen-bond acceptors (Lipinski definition) is 4. The van der Waals surface area contributed by atoms with Crippen molar-refractivity contribution in [3.05, 3.63) is 52.0 Å². The Balaban J connectivity index is 2.30. The predicted octanol–water partition coefficient (Wildman–Crippen LogP) is 3.49. The highest BCUT2D eigenvalue weighted by atomic mass is 35.5. The molecule has 0 saturated carbocycles. The van der Waals surface area contributed by atoms with E-state index < -0.39 is 10.0 Å². The molecule has 0 aliphatic heterocycles. The minimum absolute atomic E-state index is 0.00548. The van der Waals surface area contributed by atoms with Crippen LogP contribution in [-0.4, -0.2) is 22.6 Å². The third kappa shape index (κ3) is 4.09. The van der Waals surface area contributed by atoms with Crippen molar-refractivity contribution >= 4 is 33.2 Å². The average molecular weight is 376 g/mol. The maximum absolute atomic E-state index is 12.4. The van der Waals surface area contributed by atoms with E-state index in [1.165, 1.54) is 32.4 Å². The number of hydrogen-bond donors (Lipinski definition) is 1. The summed E-state index contributed by atoms with van der Waals surface area (Å²) in [6.07, 6.45) is 0. The van der Waals surface area contributed by atoms with Crippen LogP contribution in [-0.2, 0) is 16.6 Å². The molecule has 2 rings (SSSR count). The Morgan fingerprint density at radius 2 is 1.65 bits per heavy atom. The van der Waals surface area contributed by atoms with Crippen LogP contribution >= 0.6 is 23.2 Å². The molecule has 0 aliphatic carbocycles. The van der Waals surface area contributed by atoms with E-state index in [1.807, 2.05) is 0 Å². The number of nitrogens with one attached hydrogen (secondary N) is 1. The second-order valence-electron chi connectivity index (χ2n) is 4.54. The van der Waals surface area contributed by atoms with Gasteiger partial charge in [-0.25, -0.2) is 13.1 Å². The maximum Gasteiger partial charge on any atom is 0.242 e. The normalized spacial score (nSPS) is 11.3. The van der Waals surface area contributed by atoms with E-state index in [4.69, 9.17) is 32.7 Å². The third-order valence-electron chi connectivity index (χ3n) is 3.15. The molecule has 2 aromatic rings. The number of methoxy groups -OCH3 is 2. The van der Waals surface area contributed by atoms with Gasteiger partial charge in [0.05, 0.1) is 24.8 Å². The zero-order chi connectivity index (χ0) is 17.0. The van der Waals surface area contributed by atoms with E-state index in [-0.39, 0.29) is 16.5 Å². The molecule has 124 valence electrons. The van der Waals surface area contributed by atoms with Crippen molar-refractivity contribution in [2.45, 2.75) is 11.4 Å². The van der Waals surface area contributed by atoms with Crippen LogP contribution in [0.15, 0.2) is 41.3 Å². The van der Waals surface area contributed by atoms with Crippen LogP contribution in [0.4, 0.5) is 0 Å². The summed E-state index contributed by atoms with van der Waals surface area (Å²) in [5.74, 6) is 1.04. The SMILES string of the molecule is COc1cccc(OC)c1CNS(=O)(=O)c1ccc(Cl)cc1Cl. The van der Waals surface area contributed by atoms with Crippen molar-refractivity contribution in [1.82, 2.24) is 4.72 Å². The summed E-state index contributed by atoms with van der Waals surface area (Å²) < 4.78 is 37.8. The van der Waals surface area contributed by atoms with E-state index in [1.54, 1.807) is 18.2 Å². The molecule has 0 atom stereocenters. The summed E-state index contributed by atoms with van der Waals surface area (Å²) in [4.78, 5) is -0.0440. The van der Waals surface area contributed by atoms with Crippen LogP contribution in [0.5, 0.6) is 11.5 Å². The summed E-state index contributed by atoms with van der Waals surface area (Å²) in [7, 11) is -0.802. The largest absolute Gasteiger partial charge is 0.496 e. The lowest BCUT2D eigenvalue weighted by atomic mass is 10.2. The highest BCUT2D eigenvalue weighted by Crippen LogP contribution is 2.29. The summed E-state index contributed by atoms with van der Waals surface area (Å²) in [5, 5.41) is 0.414. The topological polar surface area (TPSA) is 64.6 Å². The molecular weight excluding hydrogens is 361 g/mol. The van der Waals surface area contributed by atoms with Gasteiger partial charge in [-0.2, -0.15) is 0 Å². The Morgan fingerprint density at radius 1 is 1.04 bits per heavy atom. The van der Waals surface area contributed by atoms with Gasteiger partial charge in [-0.3, -0.25) is 0 Å². The monoisotopic (exact) mass is 375 g/mol. The Labute approximate surface area is 145 Å². The highest BCUT2D eigenvalue weighted by molar-refractivity contribution is 7.89. The van der Waals surface area contributed by atoms with Gasteiger partial charge in [0.15, 0.2) is 0 Å². The molecule has 0 spiro atoms. The van der Waals surface area contributed by atoms with Gasteiger partial charge in [0.1, 0.15) is 16.4 Å². The fourth-order valence-corrected chi connectivity index (χ4v) is 3.81. The minimum Gasteiger partial charge on any atom is -0.496 e. The van der Waals surface area contributed by atoms with Gasteiger partial charge in [-0.1, -0.05) is 29.3 Å². The standard InChI is InChI=1S/C15H15Cl2NO4S/c1-21-13-4-3-5-14(22-2)11(13)9-18-23(19,20)15-7-6-10(16)8-12(15)17/h3-8,18H,9H2,1-2H3. The second kappa shape index (κ2) is 7.40. The van der Waals surface area contributed by atoms with E-state index in [0.717, 1.165) is 0 Å². The molecule has 23 heavy (non-hydrogen) atoms. The van der Waals surface area contributed by atoms with E-state index >= 15 is 0 Å². The van der Waals surface area contributed by atoms with Crippen molar-refractivity contribution in [1.29, 1.82) is 0 Å². The fraction of sp³-hybridized carbons (Fsp3) is 0.200. The van der Waals surface area contributed by atoms with Crippen molar-refractivity contribution < 1.29 is 17.9 Å². The van der Waals surface area contributed by atoms with Crippen LogP contribution in [0.2, 0.25) is 10.0 Å². The number of halogens is 2. The summed E-state index contributed by atoms with van der Waals surface area (Å²) in [5.41, 5.74) is 0.589. The van der Waals surface area contributed by atoms with Gasteiger partial charge in [-0.05, 0) is 30.3 Å². The third-order valence-corrected chi connectivity index (χ3v) is 5.27. The Bertz CT molecular complexity index is 787. The van der Waals surface area contributed by atoms with Gasteiger partial charge >= 0.3 is 0 Å². The van der Waals surface area contributed by atoms with Gasteiger partial charge in [0, 0.05) is 11.6 Å². The first-order chi connectivity index (χ1) is 10.9. The van der Waals surface area contributed by atoms with Crippen LogP contribution in [0.1, 0.15) is 5.56 Å². The van der Waals surface area contributed by atoms with Crippen molar-refractivity contribution in [2.24, 2.45) is 0 Å². The molecule has 0 aliphatic rings. The smallest absolute Gasteiger partial charge is 0.242 e. The zero-order valence-electron chi connectivity index (χ0n) is 12.5. The van der Waals surface area contributed by atoms with Crippen LogP contribution < -0.4 is 14.2 Å².